The third-order valence-corrected chi connectivity index (χ3v) is 3.73. The zero-order valence-electron chi connectivity index (χ0n) is 13.8. The maximum absolute atomic E-state index is 13.7. The van der Waals surface area contributed by atoms with Gasteiger partial charge in [0.25, 0.3) is 0 Å². The van der Waals surface area contributed by atoms with Gasteiger partial charge in [-0.1, -0.05) is 25.1 Å². The molecule has 128 valence electrons. The molecule has 2 N–H and O–H groups in total. The summed E-state index contributed by atoms with van der Waals surface area (Å²) in [4.78, 5) is 4.29. The molecule has 25 heavy (non-hydrogen) atoms. The fraction of sp³-hybridized carbons (Fsp3) is 0.167. The zero-order valence-corrected chi connectivity index (χ0v) is 13.8. The molecule has 0 unspecified atom stereocenters. The van der Waals surface area contributed by atoms with E-state index in [1.54, 1.807) is 0 Å². The van der Waals surface area contributed by atoms with Gasteiger partial charge in [0, 0.05) is 11.8 Å². The SMILES string of the molecule is CCc1cccc(C)c1Nc1cnnc(Nc2ccc(F)cc2F)n1. The Hall–Kier alpha value is -3.09. The van der Waals surface area contributed by atoms with Crippen LogP contribution in [0, 0.1) is 18.6 Å². The molecule has 3 rings (SSSR count). The van der Waals surface area contributed by atoms with Crippen LogP contribution in [0.1, 0.15) is 18.1 Å². The van der Waals surface area contributed by atoms with E-state index in [9.17, 15) is 8.78 Å². The minimum Gasteiger partial charge on any atom is -0.338 e. The molecule has 0 aliphatic rings. The Kier molecular flexibility index (Phi) is 4.83. The average molecular weight is 341 g/mol. The highest BCUT2D eigenvalue weighted by Crippen LogP contribution is 2.25. The Bertz CT molecular complexity index is 898. The number of benzene rings is 2. The van der Waals surface area contributed by atoms with Crippen molar-refractivity contribution in [3.63, 3.8) is 0 Å². The molecular weight excluding hydrogens is 324 g/mol. The van der Waals surface area contributed by atoms with Crippen LogP contribution in [0.3, 0.4) is 0 Å². The Morgan fingerprint density at radius 3 is 2.68 bits per heavy atom. The maximum atomic E-state index is 13.7. The molecule has 0 amide bonds. The molecule has 7 heteroatoms. The fourth-order valence-electron chi connectivity index (χ4n) is 2.46. The number of rotatable bonds is 5. The summed E-state index contributed by atoms with van der Waals surface area (Å²) >= 11 is 0. The predicted octanol–water partition coefficient (Wildman–Crippen LogP) is 4.51. The van der Waals surface area contributed by atoms with Crippen LogP contribution in [-0.2, 0) is 6.42 Å². The van der Waals surface area contributed by atoms with Gasteiger partial charge >= 0.3 is 0 Å². The van der Waals surface area contributed by atoms with Crippen molar-refractivity contribution in [1.82, 2.24) is 15.2 Å². The molecule has 1 heterocycles. The second kappa shape index (κ2) is 7.21. The number of anilines is 4. The second-order valence-corrected chi connectivity index (χ2v) is 5.50. The van der Waals surface area contributed by atoms with Gasteiger partial charge in [-0.25, -0.2) is 8.78 Å². The van der Waals surface area contributed by atoms with Gasteiger partial charge in [-0.05, 0) is 36.6 Å². The van der Waals surface area contributed by atoms with Crippen molar-refractivity contribution in [2.24, 2.45) is 0 Å². The molecule has 0 spiro atoms. The first-order chi connectivity index (χ1) is 12.1. The van der Waals surface area contributed by atoms with Gasteiger partial charge in [0.05, 0.1) is 11.9 Å². The molecule has 0 aliphatic heterocycles. The largest absolute Gasteiger partial charge is 0.338 e. The van der Waals surface area contributed by atoms with Gasteiger partial charge in [-0.15, -0.1) is 5.10 Å². The van der Waals surface area contributed by atoms with Gasteiger partial charge in [0.1, 0.15) is 11.6 Å². The van der Waals surface area contributed by atoms with Crippen LogP contribution in [0.15, 0.2) is 42.6 Å². The summed E-state index contributed by atoms with van der Waals surface area (Å²) in [6, 6.07) is 9.27. The van der Waals surface area contributed by atoms with E-state index in [-0.39, 0.29) is 11.6 Å². The van der Waals surface area contributed by atoms with E-state index in [0.717, 1.165) is 35.4 Å². The monoisotopic (exact) mass is 341 g/mol. The molecule has 0 saturated heterocycles. The van der Waals surface area contributed by atoms with E-state index >= 15 is 0 Å². The Morgan fingerprint density at radius 2 is 1.92 bits per heavy atom. The van der Waals surface area contributed by atoms with Crippen LogP contribution in [0.5, 0.6) is 0 Å². The second-order valence-electron chi connectivity index (χ2n) is 5.50. The van der Waals surface area contributed by atoms with Crippen LogP contribution in [-0.4, -0.2) is 15.2 Å². The van der Waals surface area contributed by atoms with Gasteiger partial charge < -0.3 is 10.6 Å². The summed E-state index contributed by atoms with van der Waals surface area (Å²) < 4.78 is 26.7. The maximum Gasteiger partial charge on any atom is 0.249 e. The number of aryl methyl sites for hydroxylation is 2. The number of nitrogens with zero attached hydrogens (tertiary/aromatic N) is 3. The first-order valence-corrected chi connectivity index (χ1v) is 7.84. The van der Waals surface area contributed by atoms with Crippen molar-refractivity contribution in [2.75, 3.05) is 10.6 Å². The average Bonchev–Trinajstić information content (AvgIpc) is 2.59. The first kappa shape index (κ1) is 16.8. The van der Waals surface area contributed by atoms with Crippen molar-refractivity contribution < 1.29 is 8.78 Å². The summed E-state index contributed by atoms with van der Waals surface area (Å²) in [5.74, 6) is -0.788. The van der Waals surface area contributed by atoms with Crippen molar-refractivity contribution >= 4 is 23.1 Å². The van der Waals surface area contributed by atoms with Crippen molar-refractivity contribution in [2.45, 2.75) is 20.3 Å². The molecule has 0 aliphatic carbocycles. The van der Waals surface area contributed by atoms with Crippen LogP contribution in [0.25, 0.3) is 0 Å². The number of nitrogens with one attached hydrogen (secondary N) is 2. The molecular formula is C18H17F2N5. The van der Waals surface area contributed by atoms with Crippen molar-refractivity contribution in [1.29, 1.82) is 0 Å². The van der Waals surface area contributed by atoms with Crippen LogP contribution < -0.4 is 10.6 Å². The van der Waals surface area contributed by atoms with E-state index in [4.69, 9.17) is 0 Å². The van der Waals surface area contributed by atoms with E-state index in [1.165, 1.54) is 12.3 Å². The lowest BCUT2D eigenvalue weighted by molar-refractivity contribution is 0.586. The molecule has 0 bridgehead atoms. The van der Waals surface area contributed by atoms with E-state index < -0.39 is 11.6 Å². The van der Waals surface area contributed by atoms with Crippen LogP contribution in [0.4, 0.5) is 31.9 Å². The standard InChI is InChI=1S/C18H17F2N5/c1-3-12-6-4-5-11(2)17(12)23-16-10-21-25-18(24-16)22-15-8-7-13(19)9-14(15)20/h4-10H,3H2,1-2H3,(H2,22,23,24,25). The topological polar surface area (TPSA) is 62.7 Å². The van der Waals surface area contributed by atoms with Gasteiger partial charge in [-0.2, -0.15) is 10.1 Å². The molecule has 0 saturated carbocycles. The number of halogens is 2. The van der Waals surface area contributed by atoms with Gasteiger partial charge in [-0.3, -0.25) is 0 Å². The Morgan fingerprint density at radius 1 is 1.08 bits per heavy atom. The third kappa shape index (κ3) is 3.88. The first-order valence-electron chi connectivity index (χ1n) is 7.84. The molecule has 3 aromatic rings. The minimum absolute atomic E-state index is 0.0745. The molecule has 0 atom stereocenters. The quantitative estimate of drug-likeness (QED) is 0.715. The fourth-order valence-corrected chi connectivity index (χ4v) is 2.46. The molecule has 0 radical (unpaired) electrons. The summed E-state index contributed by atoms with van der Waals surface area (Å²) in [5, 5.41) is 13.6. The van der Waals surface area contributed by atoms with Crippen molar-refractivity contribution in [3.8, 4) is 0 Å². The number of hydrogen-bond acceptors (Lipinski definition) is 5. The molecule has 2 aromatic carbocycles. The lowest BCUT2D eigenvalue weighted by Crippen LogP contribution is -2.05. The highest BCUT2D eigenvalue weighted by Gasteiger charge is 2.09. The normalized spacial score (nSPS) is 10.6. The zero-order chi connectivity index (χ0) is 17.8. The predicted molar refractivity (Wildman–Crippen MR) is 93.3 cm³/mol. The van der Waals surface area contributed by atoms with E-state index in [1.807, 2.05) is 25.1 Å². The molecule has 0 fully saturated rings. The minimum atomic E-state index is -0.728. The summed E-state index contributed by atoms with van der Waals surface area (Å²) in [6.45, 7) is 4.08. The lowest BCUT2D eigenvalue weighted by atomic mass is 10.1. The number of para-hydroxylation sites is 1. The highest BCUT2D eigenvalue weighted by atomic mass is 19.1. The lowest BCUT2D eigenvalue weighted by Gasteiger charge is -2.13. The number of hydrogen-bond donors (Lipinski definition) is 2. The molecule has 5 nitrogen and oxygen atoms in total. The summed E-state index contributed by atoms with van der Waals surface area (Å²) in [6.07, 6.45) is 2.35. The van der Waals surface area contributed by atoms with Crippen LogP contribution in [0.2, 0.25) is 0 Å². The smallest absolute Gasteiger partial charge is 0.249 e. The number of aromatic nitrogens is 3. The van der Waals surface area contributed by atoms with E-state index in [0.29, 0.717) is 5.82 Å². The summed E-state index contributed by atoms with van der Waals surface area (Å²) in [5.41, 5.74) is 3.27. The summed E-state index contributed by atoms with van der Waals surface area (Å²) in [7, 11) is 0. The van der Waals surface area contributed by atoms with Gasteiger partial charge in [0.2, 0.25) is 5.95 Å². The van der Waals surface area contributed by atoms with Gasteiger partial charge in [0.15, 0.2) is 5.82 Å². The Balaban J connectivity index is 1.85. The highest BCUT2D eigenvalue weighted by molar-refractivity contribution is 5.65. The molecule has 1 aromatic heterocycles. The van der Waals surface area contributed by atoms with E-state index in [2.05, 4.69) is 32.7 Å². The third-order valence-electron chi connectivity index (χ3n) is 3.73. The van der Waals surface area contributed by atoms with Crippen LogP contribution >= 0.6 is 0 Å². The van der Waals surface area contributed by atoms with Crippen molar-refractivity contribution in [3.05, 3.63) is 65.4 Å². The Labute approximate surface area is 144 Å².